The van der Waals surface area contributed by atoms with Gasteiger partial charge in [-0.1, -0.05) is 6.07 Å². The van der Waals surface area contributed by atoms with Crippen LogP contribution in [0.2, 0.25) is 0 Å². The summed E-state index contributed by atoms with van der Waals surface area (Å²) in [6.45, 7) is 4.93. The van der Waals surface area contributed by atoms with Gasteiger partial charge in [-0.05, 0) is 45.0 Å². The maximum Gasteiger partial charge on any atom is 0.254 e. The summed E-state index contributed by atoms with van der Waals surface area (Å²) >= 11 is 0. The summed E-state index contributed by atoms with van der Waals surface area (Å²) < 4.78 is 23.1. The minimum absolute atomic E-state index is 0.0379. The highest BCUT2D eigenvalue weighted by atomic mass is 32.2. The van der Waals surface area contributed by atoms with E-state index in [1.807, 2.05) is 13.8 Å². The van der Waals surface area contributed by atoms with Crippen molar-refractivity contribution < 1.29 is 13.2 Å². The second-order valence-corrected chi connectivity index (χ2v) is 7.05. The molecule has 112 valence electrons. The van der Waals surface area contributed by atoms with Crippen molar-refractivity contribution in [3.05, 3.63) is 29.8 Å². The summed E-state index contributed by atoms with van der Waals surface area (Å²) in [6, 6.07) is 6.18. The van der Waals surface area contributed by atoms with Gasteiger partial charge in [-0.3, -0.25) is 4.79 Å². The average Bonchev–Trinajstić information content (AvgIpc) is 2.37. The Balaban J connectivity index is 3.06. The van der Waals surface area contributed by atoms with Gasteiger partial charge in [0, 0.05) is 24.4 Å². The number of rotatable bonds is 6. The predicted molar refractivity (Wildman–Crippen MR) is 79.4 cm³/mol. The van der Waals surface area contributed by atoms with Crippen LogP contribution in [0.15, 0.2) is 29.2 Å². The first-order valence-corrected chi connectivity index (χ1v) is 8.47. The van der Waals surface area contributed by atoms with E-state index >= 15 is 0 Å². The second kappa shape index (κ2) is 6.85. The molecule has 0 aliphatic rings. The van der Waals surface area contributed by atoms with E-state index in [-0.39, 0.29) is 16.8 Å². The molecular formula is C14H22N2O3S. The van der Waals surface area contributed by atoms with E-state index in [1.54, 1.807) is 17.0 Å². The molecule has 0 radical (unpaired) electrons. The van der Waals surface area contributed by atoms with Crippen LogP contribution in [0.3, 0.4) is 0 Å². The largest absolute Gasteiger partial charge is 0.336 e. The molecule has 0 bridgehead atoms. The van der Waals surface area contributed by atoms with Crippen molar-refractivity contribution in [2.24, 2.45) is 5.73 Å². The third-order valence-electron chi connectivity index (χ3n) is 3.00. The molecule has 6 heteroatoms. The number of hydrogen-bond acceptors (Lipinski definition) is 4. The lowest BCUT2D eigenvalue weighted by atomic mass is 10.1. The molecule has 0 aliphatic heterocycles. The average molecular weight is 298 g/mol. The van der Waals surface area contributed by atoms with E-state index < -0.39 is 9.84 Å². The highest BCUT2D eigenvalue weighted by Gasteiger charge is 2.19. The van der Waals surface area contributed by atoms with Crippen molar-refractivity contribution in [2.75, 3.05) is 19.3 Å². The van der Waals surface area contributed by atoms with Crippen LogP contribution in [0.4, 0.5) is 0 Å². The molecule has 0 aromatic heterocycles. The lowest BCUT2D eigenvalue weighted by molar-refractivity contribution is 0.0704. The van der Waals surface area contributed by atoms with Gasteiger partial charge < -0.3 is 10.6 Å². The Morgan fingerprint density at radius 2 is 2.00 bits per heavy atom. The molecule has 20 heavy (non-hydrogen) atoms. The summed E-state index contributed by atoms with van der Waals surface area (Å²) in [7, 11) is -3.31. The van der Waals surface area contributed by atoms with Gasteiger partial charge in [0.25, 0.3) is 5.91 Å². The molecule has 0 saturated carbocycles. The van der Waals surface area contributed by atoms with Crippen LogP contribution >= 0.6 is 0 Å². The molecular weight excluding hydrogens is 276 g/mol. The van der Waals surface area contributed by atoms with Crippen LogP contribution < -0.4 is 5.73 Å². The van der Waals surface area contributed by atoms with Gasteiger partial charge in [0.15, 0.2) is 9.84 Å². The van der Waals surface area contributed by atoms with E-state index in [0.29, 0.717) is 18.7 Å². The van der Waals surface area contributed by atoms with Gasteiger partial charge in [0.1, 0.15) is 0 Å². The third-order valence-corrected chi connectivity index (χ3v) is 4.11. The quantitative estimate of drug-likeness (QED) is 0.858. The SMILES string of the molecule is CC(C)N(CCCN)C(=O)c1cccc(S(C)(=O)=O)c1. The Kier molecular flexibility index (Phi) is 5.71. The zero-order valence-electron chi connectivity index (χ0n) is 12.2. The molecule has 1 aromatic rings. The van der Waals surface area contributed by atoms with Crippen molar-refractivity contribution in [1.82, 2.24) is 4.90 Å². The molecule has 2 N–H and O–H groups in total. The first-order valence-electron chi connectivity index (χ1n) is 6.58. The molecule has 0 aliphatic carbocycles. The minimum Gasteiger partial charge on any atom is -0.336 e. The van der Waals surface area contributed by atoms with Crippen molar-refractivity contribution >= 4 is 15.7 Å². The molecule has 0 spiro atoms. The van der Waals surface area contributed by atoms with E-state index in [1.165, 1.54) is 12.1 Å². The summed E-state index contributed by atoms with van der Waals surface area (Å²) in [5.41, 5.74) is 5.87. The Labute approximate surface area is 120 Å². The van der Waals surface area contributed by atoms with Gasteiger partial charge in [-0.15, -0.1) is 0 Å². The maximum atomic E-state index is 12.5. The number of carbonyl (C=O) groups excluding carboxylic acids is 1. The number of nitrogens with zero attached hydrogens (tertiary/aromatic N) is 1. The monoisotopic (exact) mass is 298 g/mol. The van der Waals surface area contributed by atoms with Gasteiger partial charge in [0.2, 0.25) is 0 Å². The molecule has 5 nitrogen and oxygen atoms in total. The molecule has 0 unspecified atom stereocenters. The Morgan fingerprint density at radius 3 is 2.50 bits per heavy atom. The highest BCUT2D eigenvalue weighted by molar-refractivity contribution is 7.90. The summed E-state index contributed by atoms with van der Waals surface area (Å²) in [4.78, 5) is 14.3. The van der Waals surface area contributed by atoms with Gasteiger partial charge in [-0.2, -0.15) is 0 Å². The number of amides is 1. The maximum absolute atomic E-state index is 12.5. The number of benzene rings is 1. The van der Waals surface area contributed by atoms with Crippen molar-refractivity contribution in [3.63, 3.8) is 0 Å². The Morgan fingerprint density at radius 1 is 1.35 bits per heavy atom. The van der Waals surface area contributed by atoms with Gasteiger partial charge in [0.05, 0.1) is 4.90 Å². The zero-order valence-corrected chi connectivity index (χ0v) is 13.0. The second-order valence-electron chi connectivity index (χ2n) is 5.03. The standard InChI is InChI=1S/C14H22N2O3S/c1-11(2)16(9-5-8-15)14(17)12-6-4-7-13(10-12)20(3,18)19/h4,6-7,10-11H,5,8-9,15H2,1-3H3. The molecule has 1 amide bonds. The van der Waals surface area contributed by atoms with Crippen molar-refractivity contribution in [1.29, 1.82) is 0 Å². The third kappa shape index (κ3) is 4.31. The lowest BCUT2D eigenvalue weighted by Gasteiger charge is -2.26. The molecule has 0 fully saturated rings. The van der Waals surface area contributed by atoms with Crippen LogP contribution in [0.1, 0.15) is 30.6 Å². The molecule has 1 rings (SSSR count). The van der Waals surface area contributed by atoms with Gasteiger partial charge in [-0.25, -0.2) is 8.42 Å². The molecule has 1 aromatic carbocycles. The fraction of sp³-hybridized carbons (Fsp3) is 0.500. The first kappa shape index (κ1) is 16.7. The lowest BCUT2D eigenvalue weighted by Crippen LogP contribution is -2.38. The van der Waals surface area contributed by atoms with Crippen LogP contribution in [-0.2, 0) is 9.84 Å². The zero-order chi connectivity index (χ0) is 15.3. The number of nitrogens with two attached hydrogens (primary N) is 1. The topological polar surface area (TPSA) is 80.5 Å². The predicted octanol–water partition coefficient (Wildman–Crippen LogP) is 1.29. The van der Waals surface area contributed by atoms with Crippen LogP contribution in [-0.4, -0.2) is 44.6 Å². The number of sulfone groups is 1. The van der Waals surface area contributed by atoms with Crippen molar-refractivity contribution in [2.45, 2.75) is 31.2 Å². The van der Waals surface area contributed by atoms with E-state index in [0.717, 1.165) is 12.7 Å². The minimum atomic E-state index is -3.31. The van der Waals surface area contributed by atoms with E-state index in [9.17, 15) is 13.2 Å². The smallest absolute Gasteiger partial charge is 0.254 e. The summed E-state index contributed by atoms with van der Waals surface area (Å²) in [5, 5.41) is 0. The van der Waals surface area contributed by atoms with E-state index in [2.05, 4.69) is 0 Å². The highest BCUT2D eigenvalue weighted by Crippen LogP contribution is 2.14. The fourth-order valence-corrected chi connectivity index (χ4v) is 2.55. The Hall–Kier alpha value is -1.40. The summed E-state index contributed by atoms with van der Waals surface area (Å²) in [5.74, 6) is -0.168. The first-order chi connectivity index (χ1) is 9.27. The fourth-order valence-electron chi connectivity index (χ4n) is 1.88. The number of hydrogen-bond donors (Lipinski definition) is 1. The molecule has 0 heterocycles. The molecule has 0 atom stereocenters. The van der Waals surface area contributed by atoms with Crippen LogP contribution in [0.5, 0.6) is 0 Å². The van der Waals surface area contributed by atoms with Crippen LogP contribution in [0.25, 0.3) is 0 Å². The Bertz CT molecular complexity index is 568. The normalized spacial score (nSPS) is 11.7. The van der Waals surface area contributed by atoms with Gasteiger partial charge >= 0.3 is 0 Å². The van der Waals surface area contributed by atoms with Crippen molar-refractivity contribution in [3.8, 4) is 0 Å². The van der Waals surface area contributed by atoms with Crippen LogP contribution in [0, 0.1) is 0 Å². The summed E-state index contributed by atoms with van der Waals surface area (Å²) in [6.07, 6.45) is 1.85. The van der Waals surface area contributed by atoms with E-state index in [4.69, 9.17) is 5.73 Å². The number of carbonyl (C=O) groups is 1. The molecule has 0 saturated heterocycles.